The lowest BCUT2D eigenvalue weighted by Gasteiger charge is -2.31. The molecule has 136 valence electrons. The van der Waals surface area contributed by atoms with Gasteiger partial charge < -0.3 is 15.0 Å². The molecule has 0 fully saturated rings. The van der Waals surface area contributed by atoms with E-state index in [1.165, 1.54) is 36.4 Å². The van der Waals surface area contributed by atoms with E-state index in [1.807, 2.05) is 0 Å². The van der Waals surface area contributed by atoms with Crippen LogP contribution in [0.3, 0.4) is 0 Å². The highest BCUT2D eigenvalue weighted by Crippen LogP contribution is 2.30. The molecule has 2 aromatic carbocycles. The van der Waals surface area contributed by atoms with Gasteiger partial charge in [0, 0.05) is 18.3 Å². The Hall–Kier alpha value is -3.09. The van der Waals surface area contributed by atoms with E-state index in [-0.39, 0.29) is 23.9 Å². The maximum atomic E-state index is 12.5. The molecule has 0 saturated carbocycles. The molecular weight excluding hydrogens is 334 g/mol. The first kappa shape index (κ1) is 17.7. The van der Waals surface area contributed by atoms with Crippen LogP contribution in [0.15, 0.2) is 36.4 Å². The van der Waals surface area contributed by atoms with E-state index in [0.717, 1.165) is 25.1 Å². The molecule has 0 saturated heterocycles. The van der Waals surface area contributed by atoms with Crippen molar-refractivity contribution in [2.45, 2.75) is 19.8 Å². The Morgan fingerprint density at radius 3 is 2.85 bits per heavy atom. The second-order valence-corrected chi connectivity index (χ2v) is 6.35. The lowest BCUT2D eigenvalue weighted by molar-refractivity contribution is -0.384. The molecule has 0 bridgehead atoms. The molecule has 7 nitrogen and oxygen atoms in total. The van der Waals surface area contributed by atoms with Crippen molar-refractivity contribution in [3.8, 4) is 5.75 Å². The van der Waals surface area contributed by atoms with Gasteiger partial charge in [-0.2, -0.15) is 0 Å². The van der Waals surface area contributed by atoms with E-state index in [9.17, 15) is 14.9 Å². The van der Waals surface area contributed by atoms with E-state index in [1.54, 1.807) is 0 Å². The Kier molecular flexibility index (Phi) is 5.06. The van der Waals surface area contributed by atoms with Gasteiger partial charge in [-0.3, -0.25) is 14.9 Å². The number of nitro benzene ring substituents is 1. The van der Waals surface area contributed by atoms with Gasteiger partial charge in [0.05, 0.1) is 30.3 Å². The Balaban J connectivity index is 1.73. The van der Waals surface area contributed by atoms with Crippen LogP contribution in [0.2, 0.25) is 0 Å². The van der Waals surface area contributed by atoms with E-state index in [4.69, 9.17) is 4.74 Å². The summed E-state index contributed by atoms with van der Waals surface area (Å²) in [6.07, 6.45) is 2.02. The van der Waals surface area contributed by atoms with Crippen molar-refractivity contribution in [3.05, 3.63) is 57.6 Å². The number of aryl methyl sites for hydroxylation is 2. The van der Waals surface area contributed by atoms with E-state index in [2.05, 4.69) is 35.3 Å². The van der Waals surface area contributed by atoms with Crippen LogP contribution in [-0.4, -0.2) is 31.0 Å². The normalized spacial score (nSPS) is 13.1. The van der Waals surface area contributed by atoms with Gasteiger partial charge in [0.25, 0.3) is 5.69 Å². The zero-order valence-corrected chi connectivity index (χ0v) is 14.8. The van der Waals surface area contributed by atoms with Gasteiger partial charge >= 0.3 is 0 Å². The molecule has 0 radical (unpaired) electrons. The standard InChI is InChI=1S/C19H21N3O4/c1-13-5-8-17-14(10-13)4-3-9-21(17)12-19(23)20-16-7-6-15(22(24)25)11-18(16)26-2/h5-8,10-11H,3-4,9,12H2,1-2H3,(H,20,23). The molecule has 3 rings (SSSR count). The summed E-state index contributed by atoms with van der Waals surface area (Å²) in [7, 11) is 1.41. The number of fused-ring (bicyclic) bond motifs is 1. The number of amides is 1. The fourth-order valence-corrected chi connectivity index (χ4v) is 3.23. The molecule has 0 unspecified atom stereocenters. The van der Waals surface area contributed by atoms with Crippen molar-refractivity contribution in [3.63, 3.8) is 0 Å². The largest absolute Gasteiger partial charge is 0.494 e. The van der Waals surface area contributed by atoms with Crippen molar-refractivity contribution >= 4 is 23.0 Å². The average molecular weight is 355 g/mol. The van der Waals surface area contributed by atoms with Gasteiger partial charge in [0.15, 0.2) is 0 Å². The summed E-state index contributed by atoms with van der Waals surface area (Å²) >= 11 is 0. The van der Waals surface area contributed by atoms with Crippen molar-refractivity contribution in [2.24, 2.45) is 0 Å². The summed E-state index contributed by atoms with van der Waals surface area (Å²) in [6.45, 7) is 3.10. The van der Waals surface area contributed by atoms with Crippen LogP contribution < -0.4 is 15.0 Å². The Morgan fingerprint density at radius 2 is 2.12 bits per heavy atom. The summed E-state index contributed by atoms with van der Waals surface area (Å²) in [5, 5.41) is 13.7. The van der Waals surface area contributed by atoms with Crippen LogP contribution in [0.25, 0.3) is 0 Å². The van der Waals surface area contributed by atoms with Gasteiger partial charge in [-0.05, 0) is 37.5 Å². The van der Waals surface area contributed by atoms with E-state index < -0.39 is 4.92 Å². The summed E-state index contributed by atoms with van der Waals surface area (Å²) in [4.78, 5) is 24.9. The molecule has 1 aliphatic heterocycles. The number of methoxy groups -OCH3 is 1. The van der Waals surface area contributed by atoms with Crippen LogP contribution in [0.4, 0.5) is 17.1 Å². The Morgan fingerprint density at radius 1 is 1.31 bits per heavy atom. The first-order valence-electron chi connectivity index (χ1n) is 8.44. The summed E-state index contributed by atoms with van der Waals surface area (Å²) in [5.41, 5.74) is 3.90. The Labute approximate surface area is 151 Å². The molecule has 0 aromatic heterocycles. The van der Waals surface area contributed by atoms with Crippen LogP contribution in [0.1, 0.15) is 17.5 Å². The number of anilines is 2. The predicted octanol–water partition coefficient (Wildman–Crippen LogP) is 3.30. The number of ether oxygens (including phenoxy) is 1. The number of rotatable bonds is 5. The second kappa shape index (κ2) is 7.43. The smallest absolute Gasteiger partial charge is 0.273 e. The molecule has 26 heavy (non-hydrogen) atoms. The molecule has 1 amide bonds. The maximum absolute atomic E-state index is 12.5. The number of nitro groups is 1. The van der Waals surface area contributed by atoms with Crippen LogP contribution in [-0.2, 0) is 11.2 Å². The molecule has 1 aliphatic rings. The zero-order chi connectivity index (χ0) is 18.7. The fraction of sp³-hybridized carbons (Fsp3) is 0.316. The third-order valence-corrected chi connectivity index (χ3v) is 4.45. The molecule has 1 N–H and O–H groups in total. The molecular formula is C19H21N3O4. The van der Waals surface area contributed by atoms with Crippen LogP contribution in [0, 0.1) is 17.0 Å². The lowest BCUT2D eigenvalue weighted by Crippen LogP contribution is -2.36. The number of non-ortho nitro benzene ring substituents is 1. The summed E-state index contributed by atoms with van der Waals surface area (Å²) in [6, 6.07) is 10.4. The third kappa shape index (κ3) is 3.77. The van der Waals surface area contributed by atoms with Gasteiger partial charge in [-0.1, -0.05) is 17.7 Å². The number of nitrogens with one attached hydrogen (secondary N) is 1. The van der Waals surface area contributed by atoms with E-state index >= 15 is 0 Å². The number of hydrogen-bond acceptors (Lipinski definition) is 5. The van der Waals surface area contributed by atoms with Crippen molar-refractivity contribution < 1.29 is 14.5 Å². The minimum Gasteiger partial charge on any atom is -0.494 e. The maximum Gasteiger partial charge on any atom is 0.273 e. The molecule has 0 spiro atoms. The number of benzene rings is 2. The van der Waals surface area contributed by atoms with Crippen molar-refractivity contribution in [2.75, 3.05) is 30.4 Å². The SMILES string of the molecule is COc1cc([N+](=O)[O-])ccc1NC(=O)CN1CCCc2cc(C)ccc21. The minimum absolute atomic E-state index is 0.0832. The third-order valence-electron chi connectivity index (χ3n) is 4.45. The number of carbonyl (C=O) groups excluding carboxylic acids is 1. The van der Waals surface area contributed by atoms with Crippen molar-refractivity contribution in [1.29, 1.82) is 0 Å². The lowest BCUT2D eigenvalue weighted by atomic mass is 9.99. The first-order chi connectivity index (χ1) is 12.5. The quantitative estimate of drug-likeness (QED) is 0.657. The molecule has 2 aromatic rings. The first-order valence-corrected chi connectivity index (χ1v) is 8.44. The van der Waals surface area contributed by atoms with Crippen LogP contribution in [0.5, 0.6) is 5.75 Å². The van der Waals surface area contributed by atoms with E-state index in [0.29, 0.717) is 5.69 Å². The van der Waals surface area contributed by atoms with Crippen LogP contribution >= 0.6 is 0 Å². The second-order valence-electron chi connectivity index (χ2n) is 6.35. The van der Waals surface area contributed by atoms with Gasteiger partial charge in [0.1, 0.15) is 5.75 Å². The monoisotopic (exact) mass is 355 g/mol. The minimum atomic E-state index is -0.499. The highest BCUT2D eigenvalue weighted by molar-refractivity contribution is 5.95. The molecule has 0 aliphatic carbocycles. The number of carbonyl (C=O) groups is 1. The predicted molar refractivity (Wildman–Crippen MR) is 100.0 cm³/mol. The van der Waals surface area contributed by atoms with Gasteiger partial charge in [-0.15, -0.1) is 0 Å². The zero-order valence-electron chi connectivity index (χ0n) is 14.8. The van der Waals surface area contributed by atoms with Gasteiger partial charge in [0.2, 0.25) is 5.91 Å². The highest BCUT2D eigenvalue weighted by atomic mass is 16.6. The summed E-state index contributed by atoms with van der Waals surface area (Å²) < 4.78 is 5.16. The number of hydrogen-bond donors (Lipinski definition) is 1. The number of nitrogens with zero attached hydrogens (tertiary/aromatic N) is 2. The van der Waals surface area contributed by atoms with Crippen molar-refractivity contribution in [1.82, 2.24) is 0 Å². The fourth-order valence-electron chi connectivity index (χ4n) is 3.23. The topological polar surface area (TPSA) is 84.7 Å². The molecule has 1 heterocycles. The summed E-state index contributed by atoms with van der Waals surface area (Å²) in [5.74, 6) is 0.0767. The molecule has 0 atom stereocenters. The average Bonchev–Trinajstić information content (AvgIpc) is 2.61. The van der Waals surface area contributed by atoms with Gasteiger partial charge in [-0.25, -0.2) is 0 Å². The Bertz CT molecular complexity index is 851. The molecule has 7 heteroatoms. The highest BCUT2D eigenvalue weighted by Gasteiger charge is 2.20.